The molecule has 1 aromatic rings. The summed E-state index contributed by atoms with van der Waals surface area (Å²) in [5.74, 6) is 2.63. The Labute approximate surface area is 123 Å². The quantitative estimate of drug-likeness (QED) is 0.849. The van der Waals surface area contributed by atoms with Gasteiger partial charge in [0.15, 0.2) is 0 Å². The van der Waals surface area contributed by atoms with Crippen LogP contribution in [-0.2, 0) is 5.41 Å². The number of rotatable bonds is 4. The summed E-state index contributed by atoms with van der Waals surface area (Å²) in [5, 5.41) is 3.67. The molecule has 0 radical (unpaired) electrons. The van der Waals surface area contributed by atoms with E-state index in [1.54, 1.807) is 7.11 Å². The summed E-state index contributed by atoms with van der Waals surface area (Å²) >= 11 is 0. The van der Waals surface area contributed by atoms with Crippen LogP contribution in [-0.4, -0.2) is 13.2 Å². The molecule has 1 aliphatic rings. The molecular formula is C18H29NO. The molecule has 1 saturated carbocycles. The van der Waals surface area contributed by atoms with Gasteiger partial charge in [-0.05, 0) is 47.8 Å². The van der Waals surface area contributed by atoms with Gasteiger partial charge in [-0.1, -0.05) is 40.7 Å². The van der Waals surface area contributed by atoms with E-state index >= 15 is 0 Å². The van der Waals surface area contributed by atoms with Crippen molar-refractivity contribution < 1.29 is 4.74 Å². The molecule has 0 atom stereocenters. The topological polar surface area (TPSA) is 21.3 Å². The van der Waals surface area contributed by atoms with E-state index in [0.29, 0.717) is 6.04 Å². The molecule has 1 aromatic carbocycles. The van der Waals surface area contributed by atoms with Gasteiger partial charge in [-0.3, -0.25) is 0 Å². The van der Waals surface area contributed by atoms with Gasteiger partial charge in [-0.2, -0.15) is 0 Å². The average Bonchev–Trinajstić information content (AvgIpc) is 2.31. The van der Waals surface area contributed by atoms with Crippen molar-refractivity contribution in [1.29, 1.82) is 0 Å². The molecule has 0 heterocycles. The molecular weight excluding hydrogens is 246 g/mol. The van der Waals surface area contributed by atoms with Gasteiger partial charge in [-0.15, -0.1) is 0 Å². The van der Waals surface area contributed by atoms with Gasteiger partial charge >= 0.3 is 0 Å². The summed E-state index contributed by atoms with van der Waals surface area (Å²) < 4.78 is 5.49. The molecule has 0 aromatic heterocycles. The third kappa shape index (κ3) is 3.28. The molecule has 0 aliphatic heterocycles. The Balaban J connectivity index is 2.10. The van der Waals surface area contributed by atoms with Crippen LogP contribution in [0.1, 0.15) is 53.0 Å². The Bertz CT molecular complexity index is 453. The zero-order chi connectivity index (χ0) is 14.9. The summed E-state index contributed by atoms with van der Waals surface area (Å²) in [6.07, 6.45) is 2.56. The third-order valence-electron chi connectivity index (χ3n) is 4.54. The zero-order valence-electron chi connectivity index (χ0n) is 13.8. The fourth-order valence-corrected chi connectivity index (χ4v) is 2.83. The van der Waals surface area contributed by atoms with Gasteiger partial charge < -0.3 is 10.1 Å². The molecule has 1 aliphatic carbocycles. The minimum atomic E-state index is 0.169. The van der Waals surface area contributed by atoms with E-state index in [0.717, 1.165) is 23.3 Å². The number of nitrogens with one attached hydrogen (secondary N) is 1. The second-order valence-electron chi connectivity index (χ2n) is 7.48. The lowest BCUT2D eigenvalue weighted by Crippen LogP contribution is -2.38. The Morgan fingerprint density at radius 2 is 1.85 bits per heavy atom. The van der Waals surface area contributed by atoms with Crippen molar-refractivity contribution in [2.45, 2.75) is 58.9 Å². The molecule has 20 heavy (non-hydrogen) atoms. The van der Waals surface area contributed by atoms with E-state index in [4.69, 9.17) is 4.74 Å². The van der Waals surface area contributed by atoms with E-state index in [1.807, 2.05) is 0 Å². The van der Waals surface area contributed by atoms with Crippen LogP contribution in [0.2, 0.25) is 0 Å². The van der Waals surface area contributed by atoms with Crippen molar-refractivity contribution in [3.8, 4) is 5.75 Å². The molecule has 0 spiro atoms. The summed E-state index contributed by atoms with van der Waals surface area (Å²) in [6.45, 7) is 11.4. The summed E-state index contributed by atoms with van der Waals surface area (Å²) in [7, 11) is 1.75. The van der Waals surface area contributed by atoms with E-state index in [9.17, 15) is 0 Å². The van der Waals surface area contributed by atoms with Crippen molar-refractivity contribution in [2.24, 2.45) is 11.8 Å². The lowest BCUT2D eigenvalue weighted by Gasteiger charge is -2.39. The number of hydrogen-bond donors (Lipinski definition) is 1. The minimum Gasteiger partial charge on any atom is -0.495 e. The lowest BCUT2D eigenvalue weighted by molar-refractivity contribution is 0.211. The molecule has 0 unspecified atom stereocenters. The van der Waals surface area contributed by atoms with Crippen molar-refractivity contribution in [3.05, 3.63) is 23.8 Å². The molecule has 2 nitrogen and oxygen atoms in total. The average molecular weight is 275 g/mol. The van der Waals surface area contributed by atoms with Gasteiger partial charge in [0.05, 0.1) is 12.8 Å². The molecule has 1 fully saturated rings. The summed E-state index contributed by atoms with van der Waals surface area (Å²) in [4.78, 5) is 0. The Kier molecular flexibility index (Phi) is 4.31. The highest BCUT2D eigenvalue weighted by atomic mass is 16.5. The van der Waals surface area contributed by atoms with Crippen LogP contribution in [0.4, 0.5) is 5.69 Å². The molecule has 0 bridgehead atoms. The fourth-order valence-electron chi connectivity index (χ4n) is 2.83. The molecule has 2 heteroatoms. The number of anilines is 1. The fraction of sp³-hybridized carbons (Fsp3) is 0.667. The maximum atomic E-state index is 5.49. The number of methoxy groups -OCH3 is 1. The van der Waals surface area contributed by atoms with Crippen LogP contribution in [0.3, 0.4) is 0 Å². The second kappa shape index (κ2) is 5.67. The van der Waals surface area contributed by atoms with Gasteiger partial charge in [0.2, 0.25) is 0 Å². The van der Waals surface area contributed by atoms with Crippen molar-refractivity contribution in [3.63, 3.8) is 0 Å². The molecule has 2 rings (SSSR count). The molecule has 112 valence electrons. The Morgan fingerprint density at radius 3 is 2.35 bits per heavy atom. The summed E-state index contributed by atoms with van der Waals surface area (Å²) in [5.41, 5.74) is 2.66. The molecule has 0 saturated heterocycles. The highest BCUT2D eigenvalue weighted by Crippen LogP contribution is 2.38. The highest BCUT2D eigenvalue weighted by Gasteiger charge is 2.31. The van der Waals surface area contributed by atoms with E-state index in [1.165, 1.54) is 18.4 Å². The number of hydrogen-bond acceptors (Lipinski definition) is 2. The van der Waals surface area contributed by atoms with E-state index in [-0.39, 0.29) is 5.41 Å². The standard InChI is InChI=1S/C18H29NO/c1-12(2)13-9-15(10-13)19-16-11-14(18(3,4)5)7-8-17(16)20-6/h7-8,11-13,15,19H,9-10H2,1-6H3. The smallest absolute Gasteiger partial charge is 0.141 e. The number of benzene rings is 1. The van der Waals surface area contributed by atoms with E-state index < -0.39 is 0 Å². The predicted octanol–water partition coefficient (Wildman–Crippen LogP) is 4.84. The lowest BCUT2D eigenvalue weighted by atomic mass is 9.73. The van der Waals surface area contributed by atoms with Crippen LogP contribution in [0.5, 0.6) is 5.75 Å². The highest BCUT2D eigenvalue weighted by molar-refractivity contribution is 5.59. The van der Waals surface area contributed by atoms with Gasteiger partial charge in [0, 0.05) is 6.04 Å². The van der Waals surface area contributed by atoms with Crippen LogP contribution in [0, 0.1) is 11.8 Å². The van der Waals surface area contributed by atoms with Crippen molar-refractivity contribution in [2.75, 3.05) is 12.4 Å². The monoisotopic (exact) mass is 275 g/mol. The number of ether oxygens (including phenoxy) is 1. The Hall–Kier alpha value is -1.18. The normalized spacial score (nSPS) is 22.6. The first-order valence-corrected chi connectivity index (χ1v) is 7.76. The zero-order valence-corrected chi connectivity index (χ0v) is 13.8. The van der Waals surface area contributed by atoms with Crippen molar-refractivity contribution in [1.82, 2.24) is 0 Å². The maximum Gasteiger partial charge on any atom is 0.141 e. The first-order chi connectivity index (χ1) is 9.31. The maximum absolute atomic E-state index is 5.49. The molecule has 1 N–H and O–H groups in total. The minimum absolute atomic E-state index is 0.169. The van der Waals surface area contributed by atoms with Gasteiger partial charge in [0.1, 0.15) is 5.75 Å². The Morgan fingerprint density at radius 1 is 1.20 bits per heavy atom. The molecule has 0 amide bonds. The largest absolute Gasteiger partial charge is 0.495 e. The SMILES string of the molecule is COc1ccc(C(C)(C)C)cc1NC1CC(C(C)C)C1. The first kappa shape index (κ1) is 15.2. The summed E-state index contributed by atoms with van der Waals surface area (Å²) in [6, 6.07) is 7.11. The van der Waals surface area contributed by atoms with Crippen LogP contribution in [0.25, 0.3) is 0 Å². The van der Waals surface area contributed by atoms with Crippen LogP contribution >= 0.6 is 0 Å². The van der Waals surface area contributed by atoms with Crippen LogP contribution < -0.4 is 10.1 Å². The first-order valence-electron chi connectivity index (χ1n) is 7.76. The van der Waals surface area contributed by atoms with Gasteiger partial charge in [0.25, 0.3) is 0 Å². The third-order valence-corrected chi connectivity index (χ3v) is 4.54. The van der Waals surface area contributed by atoms with Gasteiger partial charge in [-0.25, -0.2) is 0 Å². The second-order valence-corrected chi connectivity index (χ2v) is 7.48. The van der Waals surface area contributed by atoms with E-state index in [2.05, 4.69) is 58.1 Å². The predicted molar refractivity (Wildman–Crippen MR) is 86.7 cm³/mol. The van der Waals surface area contributed by atoms with Crippen molar-refractivity contribution >= 4 is 5.69 Å². The van der Waals surface area contributed by atoms with Crippen LogP contribution in [0.15, 0.2) is 18.2 Å².